The topological polar surface area (TPSA) is 29.1 Å². The second kappa shape index (κ2) is 12.8. The third-order valence-corrected chi connectivity index (χ3v) is 5.62. The van der Waals surface area contributed by atoms with Crippen LogP contribution in [0.3, 0.4) is 0 Å². The minimum atomic E-state index is -0.0739. The van der Waals surface area contributed by atoms with Crippen molar-refractivity contribution in [3.63, 3.8) is 0 Å². The molecule has 1 N–H and O–H groups in total. The van der Waals surface area contributed by atoms with E-state index < -0.39 is 0 Å². The van der Waals surface area contributed by atoms with Gasteiger partial charge in [0.25, 0.3) is 0 Å². The fourth-order valence-corrected chi connectivity index (χ4v) is 3.97. The van der Waals surface area contributed by atoms with E-state index in [4.69, 9.17) is 0 Å². The van der Waals surface area contributed by atoms with Crippen molar-refractivity contribution in [3.8, 4) is 0 Å². The zero-order valence-electron chi connectivity index (χ0n) is 19.5. The average Bonchev–Trinajstić information content (AvgIpc) is 2.83. The lowest BCUT2D eigenvalue weighted by molar-refractivity contribution is -0.924. The van der Waals surface area contributed by atoms with E-state index in [1.165, 1.54) is 5.56 Å². The predicted molar refractivity (Wildman–Crippen MR) is 135 cm³/mol. The Morgan fingerprint density at radius 2 is 1.45 bits per heavy atom. The van der Waals surface area contributed by atoms with Gasteiger partial charge >= 0.3 is 0 Å². The first-order valence-electron chi connectivity index (χ1n) is 11.2. The Morgan fingerprint density at radius 1 is 0.909 bits per heavy atom. The summed E-state index contributed by atoms with van der Waals surface area (Å²) >= 11 is 0. The molecule has 0 aliphatic rings. The Kier molecular flexibility index (Phi) is 10.1. The van der Waals surface area contributed by atoms with Crippen LogP contribution in [0, 0.1) is 0 Å². The van der Waals surface area contributed by atoms with Gasteiger partial charge in [0.2, 0.25) is 5.91 Å². The van der Waals surface area contributed by atoms with Crippen LogP contribution in [-0.2, 0) is 11.3 Å². The van der Waals surface area contributed by atoms with Gasteiger partial charge < -0.3 is 22.2 Å². The molecule has 4 heteroatoms. The van der Waals surface area contributed by atoms with E-state index in [9.17, 15) is 4.79 Å². The van der Waals surface area contributed by atoms with Gasteiger partial charge in [-0.05, 0) is 28.7 Å². The van der Waals surface area contributed by atoms with Crippen LogP contribution in [0.15, 0.2) is 97.6 Å². The average molecular weight is 461 g/mol. The SMILES string of the molecule is C=Cc1ccc(C[N+](C)(CCC)CNC(=O)C=C(c2ccccc2)c2ccccc2)cc1.[Cl-]. The molecule has 0 aliphatic carbocycles. The van der Waals surface area contributed by atoms with Crippen molar-refractivity contribution in [2.75, 3.05) is 20.3 Å². The van der Waals surface area contributed by atoms with Gasteiger partial charge in [0.1, 0.15) is 6.54 Å². The lowest BCUT2D eigenvalue weighted by atomic mass is 9.97. The molecule has 3 aromatic carbocycles. The molecule has 0 saturated carbocycles. The Labute approximate surface area is 204 Å². The van der Waals surface area contributed by atoms with E-state index in [1.54, 1.807) is 6.08 Å². The maximum absolute atomic E-state index is 13.0. The van der Waals surface area contributed by atoms with E-state index in [2.05, 4.69) is 50.1 Å². The minimum absolute atomic E-state index is 0. The van der Waals surface area contributed by atoms with Crippen molar-refractivity contribution in [3.05, 3.63) is 120 Å². The molecule has 3 rings (SSSR count). The third kappa shape index (κ3) is 7.74. The molecule has 0 aromatic heterocycles. The number of nitrogens with one attached hydrogen (secondary N) is 1. The standard InChI is InChI=1S/C29H32N2O.ClH/c1-4-20-31(3,22-25-18-16-24(5-2)17-19-25)23-30-29(32)21-28(26-12-8-6-9-13-26)27-14-10-7-11-15-27;/h5-19,21H,2,4,20,22-23H2,1,3H3;1H. The van der Waals surface area contributed by atoms with E-state index in [1.807, 2.05) is 66.7 Å². The normalized spacial score (nSPS) is 12.1. The van der Waals surface area contributed by atoms with Crippen LogP contribution < -0.4 is 17.7 Å². The van der Waals surface area contributed by atoms with Gasteiger partial charge in [0.05, 0.1) is 13.6 Å². The fraction of sp³-hybridized carbons (Fsp3) is 0.207. The summed E-state index contributed by atoms with van der Waals surface area (Å²) in [4.78, 5) is 13.0. The van der Waals surface area contributed by atoms with Crippen molar-refractivity contribution in [1.82, 2.24) is 5.32 Å². The summed E-state index contributed by atoms with van der Waals surface area (Å²) in [6.45, 7) is 8.42. The van der Waals surface area contributed by atoms with E-state index in [0.717, 1.165) is 46.3 Å². The Morgan fingerprint density at radius 3 is 1.94 bits per heavy atom. The summed E-state index contributed by atoms with van der Waals surface area (Å²) in [5.41, 5.74) is 5.36. The van der Waals surface area contributed by atoms with Crippen LogP contribution in [0.5, 0.6) is 0 Å². The van der Waals surface area contributed by atoms with Gasteiger partial charge in [-0.3, -0.25) is 4.79 Å². The smallest absolute Gasteiger partial charge is 0.248 e. The zero-order valence-corrected chi connectivity index (χ0v) is 20.3. The van der Waals surface area contributed by atoms with E-state index in [0.29, 0.717) is 6.67 Å². The molecule has 0 radical (unpaired) electrons. The van der Waals surface area contributed by atoms with Crippen molar-refractivity contribution in [2.45, 2.75) is 19.9 Å². The maximum atomic E-state index is 13.0. The molecule has 1 atom stereocenters. The molecule has 0 spiro atoms. The number of amides is 1. The highest BCUT2D eigenvalue weighted by atomic mass is 35.5. The predicted octanol–water partition coefficient (Wildman–Crippen LogP) is 2.90. The quantitative estimate of drug-likeness (QED) is 0.281. The molecule has 0 heterocycles. The van der Waals surface area contributed by atoms with Crippen LogP contribution in [-0.4, -0.2) is 30.7 Å². The molecule has 3 aromatic rings. The monoisotopic (exact) mass is 460 g/mol. The maximum Gasteiger partial charge on any atom is 0.248 e. The highest BCUT2D eigenvalue weighted by molar-refractivity contribution is 5.99. The van der Waals surface area contributed by atoms with Crippen LogP contribution in [0.1, 0.15) is 35.6 Å². The summed E-state index contributed by atoms with van der Waals surface area (Å²) in [5.74, 6) is -0.0739. The second-order valence-electron chi connectivity index (χ2n) is 8.44. The minimum Gasteiger partial charge on any atom is -1.00 e. The first-order chi connectivity index (χ1) is 15.5. The van der Waals surface area contributed by atoms with Crippen LogP contribution in [0.2, 0.25) is 0 Å². The van der Waals surface area contributed by atoms with Crippen molar-refractivity contribution in [1.29, 1.82) is 0 Å². The molecular formula is C29H33ClN2O. The van der Waals surface area contributed by atoms with Gasteiger partial charge in [-0.1, -0.05) is 105 Å². The summed E-state index contributed by atoms with van der Waals surface area (Å²) in [5, 5.41) is 3.16. The number of carbonyl (C=O) groups is 1. The van der Waals surface area contributed by atoms with Crippen LogP contribution >= 0.6 is 0 Å². The summed E-state index contributed by atoms with van der Waals surface area (Å²) in [7, 11) is 2.20. The molecule has 172 valence electrons. The van der Waals surface area contributed by atoms with Crippen LogP contribution in [0.25, 0.3) is 11.6 Å². The highest BCUT2D eigenvalue weighted by Crippen LogP contribution is 2.23. The molecule has 33 heavy (non-hydrogen) atoms. The number of quaternary nitrogens is 1. The number of carbonyl (C=O) groups excluding carboxylic acids is 1. The molecule has 0 fully saturated rings. The summed E-state index contributed by atoms with van der Waals surface area (Å²) in [6.07, 6.45) is 4.62. The highest BCUT2D eigenvalue weighted by Gasteiger charge is 2.22. The number of benzene rings is 3. The van der Waals surface area contributed by atoms with Gasteiger partial charge in [-0.2, -0.15) is 0 Å². The molecule has 1 amide bonds. The molecule has 0 saturated heterocycles. The third-order valence-electron chi connectivity index (χ3n) is 5.62. The summed E-state index contributed by atoms with van der Waals surface area (Å²) < 4.78 is 0.746. The Balaban J connectivity index is 0.00000385. The molecular weight excluding hydrogens is 428 g/mol. The van der Waals surface area contributed by atoms with Crippen molar-refractivity contribution in [2.24, 2.45) is 0 Å². The fourth-order valence-electron chi connectivity index (χ4n) is 3.97. The number of halogens is 1. The van der Waals surface area contributed by atoms with E-state index in [-0.39, 0.29) is 18.3 Å². The van der Waals surface area contributed by atoms with Crippen LogP contribution in [0.4, 0.5) is 0 Å². The van der Waals surface area contributed by atoms with Gasteiger partial charge in [0.15, 0.2) is 6.67 Å². The Hall–Kier alpha value is -3.14. The number of rotatable bonds is 10. The number of hydrogen-bond acceptors (Lipinski definition) is 1. The van der Waals surface area contributed by atoms with Gasteiger partial charge in [-0.25, -0.2) is 0 Å². The van der Waals surface area contributed by atoms with Gasteiger partial charge in [-0.15, -0.1) is 0 Å². The number of hydrogen-bond donors (Lipinski definition) is 1. The van der Waals surface area contributed by atoms with E-state index >= 15 is 0 Å². The largest absolute Gasteiger partial charge is 1.00 e. The van der Waals surface area contributed by atoms with Crippen molar-refractivity contribution < 1.29 is 21.7 Å². The molecule has 0 bridgehead atoms. The zero-order chi connectivity index (χ0) is 22.8. The number of nitrogens with zero attached hydrogens (tertiary/aromatic N) is 1. The second-order valence-corrected chi connectivity index (χ2v) is 8.44. The van der Waals surface area contributed by atoms with Gasteiger partial charge in [0, 0.05) is 11.6 Å². The molecule has 1 unspecified atom stereocenters. The lowest BCUT2D eigenvalue weighted by Gasteiger charge is -2.34. The lowest BCUT2D eigenvalue weighted by Crippen LogP contribution is -3.00. The summed E-state index contributed by atoms with van der Waals surface area (Å²) in [6, 6.07) is 28.6. The first kappa shape index (κ1) is 26.1. The van der Waals surface area contributed by atoms with Crippen molar-refractivity contribution >= 4 is 17.6 Å². The molecule has 3 nitrogen and oxygen atoms in total. The Bertz CT molecular complexity index is 1000. The first-order valence-corrected chi connectivity index (χ1v) is 11.2. The molecule has 0 aliphatic heterocycles.